The number of nitrogens with zero attached hydrogens (tertiary/aromatic N) is 3. The molecule has 0 aliphatic carbocycles. The summed E-state index contributed by atoms with van der Waals surface area (Å²) in [5.74, 6) is -0.475. The second-order valence-electron chi connectivity index (χ2n) is 8.39. The predicted molar refractivity (Wildman–Crippen MR) is 147 cm³/mol. The van der Waals surface area contributed by atoms with Crippen molar-refractivity contribution >= 4 is 60.5 Å². The van der Waals surface area contributed by atoms with E-state index in [1.807, 2.05) is 30.3 Å². The van der Waals surface area contributed by atoms with Gasteiger partial charge in [0.1, 0.15) is 22.7 Å². The van der Waals surface area contributed by atoms with Crippen LogP contribution in [0.2, 0.25) is 0 Å². The van der Waals surface area contributed by atoms with Gasteiger partial charge in [0.25, 0.3) is 5.91 Å². The van der Waals surface area contributed by atoms with Crippen LogP contribution in [-0.4, -0.2) is 24.2 Å². The molecule has 6 rings (SSSR count). The topological polar surface area (TPSA) is 85.0 Å². The largest absolute Gasteiger partial charge is 0.497 e. The Balaban J connectivity index is 1.49. The lowest BCUT2D eigenvalue weighted by Crippen LogP contribution is -2.30. The van der Waals surface area contributed by atoms with Crippen molar-refractivity contribution in [3.05, 3.63) is 112 Å². The molecule has 186 valence electrons. The maximum Gasteiger partial charge on any atom is 0.349 e. The fourth-order valence-electron chi connectivity index (χ4n) is 4.11. The molecule has 38 heavy (non-hydrogen) atoms. The first-order valence-corrected chi connectivity index (χ1v) is 12.4. The zero-order valence-electron chi connectivity index (χ0n) is 19.9. The van der Waals surface area contributed by atoms with Crippen molar-refractivity contribution in [1.82, 2.24) is 4.98 Å². The van der Waals surface area contributed by atoms with Crippen molar-refractivity contribution in [1.29, 1.82) is 0 Å². The normalized spacial score (nSPS) is 11.5. The minimum Gasteiger partial charge on any atom is -0.497 e. The van der Waals surface area contributed by atoms with E-state index in [2.05, 4.69) is 10.1 Å². The highest BCUT2D eigenvalue weighted by Gasteiger charge is 2.25. The minimum absolute atomic E-state index is 0.178. The van der Waals surface area contributed by atoms with E-state index in [1.54, 1.807) is 37.4 Å². The predicted octanol–water partition coefficient (Wildman–Crippen LogP) is 6.38. The molecule has 2 aromatic heterocycles. The van der Waals surface area contributed by atoms with E-state index in [4.69, 9.17) is 9.15 Å². The Kier molecular flexibility index (Phi) is 5.89. The Bertz CT molecular complexity index is 1930. The van der Waals surface area contributed by atoms with Crippen molar-refractivity contribution in [2.24, 2.45) is 5.10 Å². The number of carbonyl (C=O) groups excluding carboxylic acids is 1. The summed E-state index contributed by atoms with van der Waals surface area (Å²) in [5, 5.41) is 8.01. The van der Waals surface area contributed by atoms with Crippen molar-refractivity contribution < 1.29 is 18.3 Å². The second-order valence-corrected chi connectivity index (χ2v) is 9.40. The third-order valence-electron chi connectivity index (χ3n) is 6.02. The summed E-state index contributed by atoms with van der Waals surface area (Å²) < 4.78 is 25.1. The molecule has 9 heteroatoms. The van der Waals surface area contributed by atoms with Crippen LogP contribution in [0.25, 0.3) is 32.0 Å². The Hall–Kier alpha value is -4.89. The number of hydrazone groups is 1. The van der Waals surface area contributed by atoms with Crippen molar-refractivity contribution in [2.75, 3.05) is 12.1 Å². The molecular formula is C29H18FN3O4S. The lowest BCUT2D eigenvalue weighted by Gasteiger charge is -2.14. The smallest absolute Gasteiger partial charge is 0.349 e. The van der Waals surface area contributed by atoms with E-state index < -0.39 is 17.3 Å². The van der Waals surface area contributed by atoms with E-state index >= 15 is 0 Å². The molecule has 0 fully saturated rings. The summed E-state index contributed by atoms with van der Waals surface area (Å²) in [6.07, 6.45) is 1.47. The van der Waals surface area contributed by atoms with Gasteiger partial charge in [0.05, 0.1) is 23.5 Å². The maximum atomic E-state index is 13.8. The Morgan fingerprint density at radius 3 is 2.66 bits per heavy atom. The van der Waals surface area contributed by atoms with Crippen LogP contribution >= 0.6 is 11.3 Å². The first kappa shape index (κ1) is 23.5. The van der Waals surface area contributed by atoms with Gasteiger partial charge in [-0.2, -0.15) is 10.1 Å². The number of aromatic nitrogens is 1. The molecule has 1 amide bonds. The average Bonchev–Trinajstić information content (AvgIpc) is 3.35. The number of fused-ring (bicyclic) bond motifs is 4. The van der Waals surface area contributed by atoms with Crippen LogP contribution in [0.1, 0.15) is 15.9 Å². The van der Waals surface area contributed by atoms with Crippen LogP contribution in [0.4, 0.5) is 9.52 Å². The van der Waals surface area contributed by atoms with Gasteiger partial charge >= 0.3 is 5.63 Å². The molecule has 0 saturated carbocycles. The van der Waals surface area contributed by atoms with Crippen LogP contribution < -0.4 is 15.4 Å². The molecule has 2 heterocycles. The van der Waals surface area contributed by atoms with Crippen molar-refractivity contribution in [3.63, 3.8) is 0 Å². The summed E-state index contributed by atoms with van der Waals surface area (Å²) in [4.78, 5) is 31.3. The molecule has 0 atom stereocenters. The summed E-state index contributed by atoms with van der Waals surface area (Å²) in [6.45, 7) is 0. The lowest BCUT2D eigenvalue weighted by atomic mass is 10.0. The highest BCUT2D eigenvalue weighted by atomic mass is 32.1. The number of anilines is 1. The molecule has 7 nitrogen and oxygen atoms in total. The van der Waals surface area contributed by atoms with Gasteiger partial charge in [0.2, 0.25) is 5.13 Å². The fourth-order valence-corrected chi connectivity index (χ4v) is 5.06. The van der Waals surface area contributed by atoms with Crippen molar-refractivity contribution in [2.45, 2.75) is 0 Å². The highest BCUT2D eigenvalue weighted by molar-refractivity contribution is 7.22. The first-order valence-electron chi connectivity index (χ1n) is 11.5. The standard InChI is InChI=1S/C29H18FN3O4S/c1-36-20-10-6-17(7-11-20)16-31-33(29-32-24-12-9-19(30)14-26(24)38-29)27(34)23-15-22-21-5-3-2-4-18(21)8-13-25(22)37-28(23)35/h2-16H,1H3/b31-16+. The number of hydrogen-bond acceptors (Lipinski definition) is 7. The molecule has 0 saturated heterocycles. The van der Waals surface area contributed by atoms with Gasteiger partial charge in [-0.1, -0.05) is 41.7 Å². The summed E-state index contributed by atoms with van der Waals surface area (Å²) in [6, 6.07) is 23.9. The molecule has 6 aromatic rings. The lowest BCUT2D eigenvalue weighted by molar-refractivity contribution is 0.0984. The third kappa shape index (κ3) is 4.29. The van der Waals surface area contributed by atoms with Gasteiger partial charge in [-0.05, 0) is 70.9 Å². The van der Waals surface area contributed by atoms with Gasteiger partial charge in [-0.25, -0.2) is 14.2 Å². The number of ether oxygens (including phenoxy) is 1. The molecule has 0 spiro atoms. The quantitative estimate of drug-likeness (QED) is 0.113. The number of rotatable bonds is 5. The zero-order chi connectivity index (χ0) is 26.2. The van der Waals surface area contributed by atoms with Gasteiger partial charge in [0, 0.05) is 5.39 Å². The number of amides is 1. The monoisotopic (exact) mass is 523 g/mol. The van der Waals surface area contributed by atoms with Gasteiger partial charge in [-0.15, -0.1) is 0 Å². The summed E-state index contributed by atoms with van der Waals surface area (Å²) in [5.41, 5.74) is 0.558. The van der Waals surface area contributed by atoms with Crippen LogP contribution in [0.5, 0.6) is 5.75 Å². The SMILES string of the molecule is COc1ccc(/C=N/N(C(=O)c2cc3c(ccc4ccccc43)oc2=O)c2nc3ccc(F)cc3s2)cc1. The number of halogens is 1. The highest BCUT2D eigenvalue weighted by Crippen LogP contribution is 2.31. The zero-order valence-corrected chi connectivity index (χ0v) is 20.7. The number of benzene rings is 4. The molecule has 0 unspecified atom stereocenters. The van der Waals surface area contributed by atoms with E-state index in [9.17, 15) is 14.0 Å². The fraction of sp³-hybridized carbons (Fsp3) is 0.0345. The molecule has 4 aromatic carbocycles. The number of thiazole rings is 1. The van der Waals surface area contributed by atoms with E-state index in [0.29, 0.717) is 32.5 Å². The van der Waals surface area contributed by atoms with Crippen LogP contribution in [0, 0.1) is 5.82 Å². The Morgan fingerprint density at radius 1 is 1.03 bits per heavy atom. The first-order chi connectivity index (χ1) is 18.5. The van der Waals surface area contributed by atoms with Crippen molar-refractivity contribution in [3.8, 4) is 5.75 Å². The van der Waals surface area contributed by atoms with Crippen LogP contribution in [-0.2, 0) is 0 Å². The van der Waals surface area contributed by atoms with Gasteiger partial charge in [0.15, 0.2) is 0 Å². The molecule has 0 radical (unpaired) electrons. The maximum absolute atomic E-state index is 13.8. The second kappa shape index (κ2) is 9.53. The molecule has 0 aliphatic heterocycles. The summed E-state index contributed by atoms with van der Waals surface area (Å²) >= 11 is 1.08. The summed E-state index contributed by atoms with van der Waals surface area (Å²) in [7, 11) is 1.57. The van der Waals surface area contributed by atoms with Crippen LogP contribution in [0.3, 0.4) is 0 Å². The van der Waals surface area contributed by atoms with Gasteiger partial charge in [-0.3, -0.25) is 4.79 Å². The number of methoxy groups -OCH3 is 1. The minimum atomic E-state index is -0.797. The third-order valence-corrected chi connectivity index (χ3v) is 7.02. The Labute approximate surface area is 219 Å². The molecular weight excluding hydrogens is 505 g/mol. The van der Waals surface area contributed by atoms with Gasteiger partial charge < -0.3 is 9.15 Å². The van der Waals surface area contributed by atoms with E-state index in [-0.39, 0.29) is 10.7 Å². The average molecular weight is 524 g/mol. The number of carbonyl (C=O) groups is 1. The number of hydrogen-bond donors (Lipinski definition) is 0. The molecule has 0 N–H and O–H groups in total. The van der Waals surface area contributed by atoms with Crippen LogP contribution in [0.15, 0.2) is 99.2 Å². The van der Waals surface area contributed by atoms with E-state index in [0.717, 1.165) is 27.1 Å². The van der Waals surface area contributed by atoms with E-state index in [1.165, 1.54) is 30.5 Å². The molecule has 0 bridgehead atoms. The Morgan fingerprint density at radius 2 is 1.84 bits per heavy atom. The molecule has 0 aliphatic rings.